The number of rotatable bonds is 11. The smallest absolute Gasteiger partial charge is 0.427 e. The van der Waals surface area contributed by atoms with Gasteiger partial charge in [0, 0.05) is 0 Å². The Kier molecular flexibility index (Phi) is 9.92. The van der Waals surface area contributed by atoms with Gasteiger partial charge in [0.1, 0.15) is 5.60 Å². The van der Waals surface area contributed by atoms with E-state index in [-0.39, 0.29) is 0 Å². The number of carbonyl (C=O) groups is 1. The van der Waals surface area contributed by atoms with Crippen molar-refractivity contribution in [1.82, 2.24) is 0 Å². The number of hydrogen-bond donors (Lipinski definition) is 2. The number of phosphoric acid groups is 1. The van der Waals surface area contributed by atoms with Crippen LogP contribution in [-0.4, -0.2) is 21.5 Å². The van der Waals surface area contributed by atoms with Crippen molar-refractivity contribution >= 4 is 14.0 Å². The van der Waals surface area contributed by atoms with Crippen LogP contribution in [0.2, 0.25) is 0 Å². The third-order valence-corrected chi connectivity index (χ3v) is 3.84. The summed E-state index contributed by atoms with van der Waals surface area (Å²) < 4.78 is 20.1. The largest absolute Gasteiger partial charge is 0.529 e. The van der Waals surface area contributed by atoms with E-state index in [2.05, 4.69) is 25.3 Å². The van der Waals surface area contributed by atoms with Gasteiger partial charge in [0.15, 0.2) is 0 Å². The van der Waals surface area contributed by atoms with E-state index in [9.17, 15) is 9.36 Å². The summed E-state index contributed by atoms with van der Waals surface area (Å²) in [6, 6.07) is 0. The fourth-order valence-electron chi connectivity index (χ4n) is 2.32. The molecule has 0 aromatic rings. The molecule has 126 valence electrons. The summed E-state index contributed by atoms with van der Waals surface area (Å²) in [5.41, 5.74) is -0.672. The Balaban J connectivity index is 4.92. The molecule has 0 aliphatic carbocycles. The molecule has 0 atom stereocenters. The van der Waals surface area contributed by atoms with Gasteiger partial charge in [-0.1, -0.05) is 40.0 Å². The lowest BCUT2D eigenvalue weighted by atomic mass is 9.86. The van der Waals surface area contributed by atoms with E-state index in [0.29, 0.717) is 19.3 Å². The quantitative estimate of drug-likeness (QED) is 0.428. The zero-order valence-corrected chi connectivity index (χ0v) is 14.2. The molecule has 0 aromatic carbocycles. The zero-order chi connectivity index (χ0) is 16.4. The summed E-state index contributed by atoms with van der Waals surface area (Å²) in [7, 11) is -4.86. The van der Waals surface area contributed by atoms with Crippen LogP contribution >= 0.6 is 7.82 Å². The normalized spacial score (nSPS) is 12.2. The Bertz CT molecular complexity index is 317. The minimum atomic E-state index is -4.86. The molecular weight excluding hydrogens is 295 g/mol. The highest BCUT2D eigenvalue weighted by molar-refractivity contribution is 7.46. The fraction of sp³-hybridized carbons (Fsp3) is 0.929. The maximum Gasteiger partial charge on any atom is 0.529 e. The number of phosphoric ester groups is 1. The van der Waals surface area contributed by atoms with Crippen molar-refractivity contribution in [3.63, 3.8) is 0 Å². The second kappa shape index (κ2) is 10.2. The molecule has 7 heteroatoms. The van der Waals surface area contributed by atoms with Gasteiger partial charge in [-0.2, -0.15) is 0 Å². The lowest BCUT2D eigenvalue weighted by molar-refractivity contribution is -0.0381. The van der Waals surface area contributed by atoms with Crippen LogP contribution in [0.3, 0.4) is 0 Å². The monoisotopic (exact) mass is 324 g/mol. The predicted molar refractivity (Wildman–Crippen MR) is 80.9 cm³/mol. The van der Waals surface area contributed by atoms with Crippen molar-refractivity contribution in [1.29, 1.82) is 0 Å². The molecular formula is C14H29O6P. The summed E-state index contributed by atoms with van der Waals surface area (Å²) in [5, 5.41) is 0. The summed E-state index contributed by atoms with van der Waals surface area (Å²) in [6.07, 6.45) is 6.42. The minimum absolute atomic E-state index is 0.672. The highest BCUT2D eigenvalue weighted by atomic mass is 31.2. The van der Waals surface area contributed by atoms with Crippen LogP contribution < -0.4 is 0 Å². The predicted octanol–water partition coefficient (Wildman–Crippen LogP) is 4.54. The van der Waals surface area contributed by atoms with Crippen molar-refractivity contribution in [2.24, 2.45) is 0 Å². The van der Waals surface area contributed by atoms with Gasteiger partial charge in [0.05, 0.1) is 0 Å². The molecule has 0 unspecified atom stereocenters. The molecule has 0 heterocycles. The van der Waals surface area contributed by atoms with Gasteiger partial charge < -0.3 is 9.26 Å². The molecule has 0 aliphatic heterocycles. The Morgan fingerprint density at radius 3 is 1.62 bits per heavy atom. The molecule has 2 N–H and O–H groups in total. The fourth-order valence-corrected chi connectivity index (χ4v) is 2.55. The Hall–Kier alpha value is -0.580. The van der Waals surface area contributed by atoms with Crippen LogP contribution in [0.15, 0.2) is 0 Å². The molecule has 0 rings (SSSR count). The first-order valence-electron chi connectivity index (χ1n) is 7.76. The van der Waals surface area contributed by atoms with Crippen LogP contribution in [0.1, 0.15) is 78.6 Å². The molecule has 0 amide bonds. The molecule has 0 radical (unpaired) electrons. The number of carbonyl (C=O) groups excluding carboxylic acids is 1. The van der Waals surface area contributed by atoms with Crippen LogP contribution in [0.5, 0.6) is 0 Å². The molecule has 0 aliphatic rings. The van der Waals surface area contributed by atoms with E-state index in [4.69, 9.17) is 14.5 Å². The van der Waals surface area contributed by atoms with Crippen molar-refractivity contribution in [3.8, 4) is 0 Å². The van der Waals surface area contributed by atoms with Crippen molar-refractivity contribution in [3.05, 3.63) is 0 Å². The molecule has 0 saturated carbocycles. The standard InChI is InChI=1S/C14H29O6P/c1-4-7-10-14(11-8-5-2,12-9-6-3)19-13(15)20-21(16,17)18/h4-12H2,1-3H3,(H2,16,17,18). The van der Waals surface area contributed by atoms with Crippen LogP contribution in [0, 0.1) is 0 Å². The number of unbranched alkanes of at least 4 members (excludes halogenated alkanes) is 3. The van der Waals surface area contributed by atoms with Crippen LogP contribution in [0.25, 0.3) is 0 Å². The van der Waals surface area contributed by atoms with Gasteiger partial charge in [-0.3, -0.25) is 9.79 Å². The average molecular weight is 324 g/mol. The Morgan fingerprint density at radius 2 is 1.33 bits per heavy atom. The Labute approximate surface area is 127 Å². The van der Waals surface area contributed by atoms with Gasteiger partial charge in [0.25, 0.3) is 0 Å². The molecule has 6 nitrogen and oxygen atoms in total. The number of hydrogen-bond acceptors (Lipinski definition) is 4. The summed E-state index contributed by atoms with van der Waals surface area (Å²) in [4.78, 5) is 29.0. The highest BCUT2D eigenvalue weighted by Gasteiger charge is 2.35. The second-order valence-electron chi connectivity index (χ2n) is 5.43. The molecule has 0 bridgehead atoms. The summed E-state index contributed by atoms with van der Waals surface area (Å²) >= 11 is 0. The lowest BCUT2D eigenvalue weighted by Crippen LogP contribution is -2.35. The molecule has 0 saturated heterocycles. The van der Waals surface area contributed by atoms with Crippen molar-refractivity contribution in [2.75, 3.05) is 0 Å². The van der Waals surface area contributed by atoms with Gasteiger partial charge in [-0.25, -0.2) is 9.36 Å². The minimum Gasteiger partial charge on any atom is -0.427 e. The average Bonchev–Trinajstić information content (AvgIpc) is 2.38. The van der Waals surface area contributed by atoms with Gasteiger partial charge in [0.2, 0.25) is 0 Å². The summed E-state index contributed by atoms with van der Waals surface area (Å²) in [5.74, 6) is 0. The SMILES string of the molecule is CCCCC(CCCC)(CCCC)OC(=O)OP(=O)(O)O. The maximum absolute atomic E-state index is 11.6. The first kappa shape index (κ1) is 20.4. The zero-order valence-electron chi connectivity index (χ0n) is 13.3. The lowest BCUT2D eigenvalue weighted by Gasteiger charge is -2.33. The van der Waals surface area contributed by atoms with E-state index in [1.54, 1.807) is 0 Å². The van der Waals surface area contributed by atoms with Gasteiger partial charge in [-0.05, 0) is 38.5 Å². The highest BCUT2D eigenvalue weighted by Crippen LogP contribution is 2.39. The van der Waals surface area contributed by atoms with Crippen LogP contribution in [0.4, 0.5) is 4.79 Å². The third-order valence-electron chi connectivity index (χ3n) is 3.45. The first-order chi connectivity index (χ1) is 9.78. The molecule has 0 aromatic heterocycles. The van der Waals surface area contributed by atoms with E-state index in [1.165, 1.54) is 0 Å². The Morgan fingerprint density at radius 1 is 0.952 bits per heavy atom. The van der Waals surface area contributed by atoms with Crippen molar-refractivity contribution in [2.45, 2.75) is 84.2 Å². The van der Waals surface area contributed by atoms with E-state index in [0.717, 1.165) is 38.5 Å². The molecule has 21 heavy (non-hydrogen) atoms. The van der Waals surface area contributed by atoms with E-state index in [1.807, 2.05) is 0 Å². The maximum atomic E-state index is 11.6. The first-order valence-corrected chi connectivity index (χ1v) is 9.29. The molecule has 0 spiro atoms. The second-order valence-corrected chi connectivity index (χ2v) is 6.59. The van der Waals surface area contributed by atoms with E-state index < -0.39 is 19.6 Å². The van der Waals surface area contributed by atoms with Gasteiger partial charge >= 0.3 is 14.0 Å². The van der Waals surface area contributed by atoms with Crippen LogP contribution in [-0.2, 0) is 13.8 Å². The van der Waals surface area contributed by atoms with Crippen molar-refractivity contribution < 1.29 is 28.4 Å². The third kappa shape index (κ3) is 9.88. The topological polar surface area (TPSA) is 93.1 Å². The molecule has 0 fully saturated rings. The summed E-state index contributed by atoms with van der Waals surface area (Å²) in [6.45, 7) is 6.16. The van der Waals surface area contributed by atoms with Gasteiger partial charge in [-0.15, -0.1) is 0 Å². The van der Waals surface area contributed by atoms with E-state index >= 15 is 0 Å². The number of ether oxygens (including phenoxy) is 1.